The number of fused-ring (bicyclic) bond motifs is 1. The van der Waals surface area contributed by atoms with Gasteiger partial charge in [-0.05, 0) is 60.4 Å². The highest BCUT2D eigenvalue weighted by Crippen LogP contribution is 2.23. The molecule has 0 atom stereocenters. The molecule has 0 heteroatoms. The van der Waals surface area contributed by atoms with Gasteiger partial charge in [0.1, 0.15) is 0 Å². The lowest BCUT2D eigenvalue weighted by molar-refractivity contribution is 1.28. The molecule has 72 valence electrons. The van der Waals surface area contributed by atoms with E-state index in [9.17, 15) is 0 Å². The highest BCUT2D eigenvalue weighted by molar-refractivity contribution is 5.71. The standard InChI is InChI=1S/C14H16/c1-4-11-8-13-7-6-10(3)14(13)9-12(11)5-2/h4-6,8-9H,7H2,1-3H3. The summed E-state index contributed by atoms with van der Waals surface area (Å²) in [6.45, 7) is 6.40. The van der Waals surface area contributed by atoms with Crippen molar-refractivity contribution in [1.82, 2.24) is 0 Å². The Morgan fingerprint density at radius 2 is 1.71 bits per heavy atom. The van der Waals surface area contributed by atoms with E-state index in [4.69, 9.17) is 0 Å². The van der Waals surface area contributed by atoms with E-state index in [1.165, 1.54) is 27.1 Å². The average molecular weight is 184 g/mol. The van der Waals surface area contributed by atoms with Crippen LogP contribution < -0.4 is 10.4 Å². The second kappa shape index (κ2) is 3.45. The Bertz CT molecular complexity index is 502. The molecule has 2 rings (SSSR count). The SMILES string of the molecule is CC=c1cc2c(cc1=CC)C(C)=CC2. The quantitative estimate of drug-likeness (QED) is 0.580. The van der Waals surface area contributed by atoms with Crippen LogP contribution in [0.25, 0.3) is 17.7 Å². The number of benzene rings is 1. The minimum atomic E-state index is 1.10. The van der Waals surface area contributed by atoms with Crippen LogP contribution >= 0.6 is 0 Å². The van der Waals surface area contributed by atoms with Crippen molar-refractivity contribution >= 4 is 17.7 Å². The summed E-state index contributed by atoms with van der Waals surface area (Å²) in [6, 6.07) is 4.63. The van der Waals surface area contributed by atoms with Crippen molar-refractivity contribution in [1.29, 1.82) is 0 Å². The van der Waals surface area contributed by atoms with Crippen molar-refractivity contribution in [3.8, 4) is 0 Å². The molecule has 0 nitrogen and oxygen atoms in total. The lowest BCUT2D eigenvalue weighted by Gasteiger charge is -2.01. The summed E-state index contributed by atoms with van der Waals surface area (Å²) in [5.74, 6) is 0. The molecule has 14 heavy (non-hydrogen) atoms. The normalized spacial score (nSPS) is 17.2. The van der Waals surface area contributed by atoms with Crippen molar-refractivity contribution in [3.63, 3.8) is 0 Å². The highest BCUT2D eigenvalue weighted by atomic mass is 14.1. The molecule has 0 bridgehead atoms. The Morgan fingerprint density at radius 1 is 1.07 bits per heavy atom. The van der Waals surface area contributed by atoms with Crippen LogP contribution in [-0.2, 0) is 6.42 Å². The van der Waals surface area contributed by atoms with Crippen LogP contribution in [0.2, 0.25) is 0 Å². The first kappa shape index (κ1) is 9.26. The molecule has 0 heterocycles. The fraction of sp³-hybridized carbons (Fsp3) is 0.286. The smallest absolute Gasteiger partial charge is 0.00853 e. The largest absolute Gasteiger partial charge is 0.0798 e. The third kappa shape index (κ3) is 1.31. The maximum Gasteiger partial charge on any atom is -0.00853 e. The molecule has 0 spiro atoms. The van der Waals surface area contributed by atoms with E-state index in [0.717, 1.165) is 6.42 Å². The molecule has 0 N–H and O–H groups in total. The van der Waals surface area contributed by atoms with E-state index in [1.807, 2.05) is 0 Å². The minimum absolute atomic E-state index is 1.10. The van der Waals surface area contributed by atoms with E-state index in [2.05, 4.69) is 51.1 Å². The molecule has 1 aliphatic rings. The van der Waals surface area contributed by atoms with E-state index in [-0.39, 0.29) is 0 Å². The summed E-state index contributed by atoms with van der Waals surface area (Å²) in [5.41, 5.74) is 4.33. The highest BCUT2D eigenvalue weighted by Gasteiger charge is 2.09. The zero-order valence-corrected chi connectivity index (χ0v) is 9.09. The number of hydrogen-bond acceptors (Lipinski definition) is 0. The third-order valence-electron chi connectivity index (χ3n) is 2.98. The molecule has 0 amide bonds. The van der Waals surface area contributed by atoms with Gasteiger partial charge in [0.25, 0.3) is 0 Å². The summed E-state index contributed by atoms with van der Waals surface area (Å²) in [4.78, 5) is 0. The molecular formula is C14H16. The Hall–Kier alpha value is -1.30. The maximum absolute atomic E-state index is 2.32. The monoisotopic (exact) mass is 184 g/mol. The molecule has 1 aliphatic carbocycles. The molecule has 0 aliphatic heterocycles. The molecule has 1 aromatic rings. The second-order valence-corrected chi connectivity index (χ2v) is 3.81. The van der Waals surface area contributed by atoms with Crippen molar-refractivity contribution in [3.05, 3.63) is 39.8 Å². The van der Waals surface area contributed by atoms with Crippen LogP contribution in [-0.4, -0.2) is 0 Å². The van der Waals surface area contributed by atoms with Gasteiger partial charge in [0.15, 0.2) is 0 Å². The van der Waals surface area contributed by atoms with Gasteiger partial charge in [-0.1, -0.05) is 24.3 Å². The number of hydrogen-bond donors (Lipinski definition) is 0. The van der Waals surface area contributed by atoms with Crippen LogP contribution in [0.4, 0.5) is 0 Å². The summed E-state index contributed by atoms with van der Waals surface area (Å²) in [5, 5.41) is 2.70. The average Bonchev–Trinajstić information content (AvgIpc) is 2.58. The summed E-state index contributed by atoms with van der Waals surface area (Å²) < 4.78 is 0. The summed E-state index contributed by atoms with van der Waals surface area (Å²) >= 11 is 0. The maximum atomic E-state index is 2.32. The molecule has 0 aromatic heterocycles. The van der Waals surface area contributed by atoms with Gasteiger partial charge in [0.05, 0.1) is 0 Å². The first-order valence-electron chi connectivity index (χ1n) is 5.19. The van der Waals surface area contributed by atoms with Crippen LogP contribution in [0.5, 0.6) is 0 Å². The zero-order valence-electron chi connectivity index (χ0n) is 9.09. The molecule has 0 radical (unpaired) electrons. The van der Waals surface area contributed by atoms with E-state index in [1.54, 1.807) is 0 Å². The lowest BCUT2D eigenvalue weighted by Crippen LogP contribution is -2.24. The molecule has 0 saturated carbocycles. The number of rotatable bonds is 0. The van der Waals surface area contributed by atoms with Gasteiger partial charge in [0, 0.05) is 0 Å². The molecule has 0 saturated heterocycles. The molecular weight excluding hydrogens is 168 g/mol. The predicted octanol–water partition coefficient (Wildman–Crippen LogP) is 2.25. The van der Waals surface area contributed by atoms with Crippen molar-refractivity contribution < 1.29 is 0 Å². The Balaban J connectivity index is 2.79. The Labute approximate surface area is 85.3 Å². The van der Waals surface area contributed by atoms with Crippen LogP contribution in [0.1, 0.15) is 31.9 Å². The Morgan fingerprint density at radius 3 is 2.36 bits per heavy atom. The van der Waals surface area contributed by atoms with Crippen LogP contribution in [0, 0.1) is 0 Å². The lowest BCUT2D eigenvalue weighted by atomic mass is 10.0. The van der Waals surface area contributed by atoms with E-state index in [0.29, 0.717) is 0 Å². The van der Waals surface area contributed by atoms with Gasteiger partial charge >= 0.3 is 0 Å². The fourth-order valence-electron chi connectivity index (χ4n) is 2.09. The van der Waals surface area contributed by atoms with E-state index >= 15 is 0 Å². The van der Waals surface area contributed by atoms with Gasteiger partial charge in [0.2, 0.25) is 0 Å². The van der Waals surface area contributed by atoms with Crippen LogP contribution in [0.15, 0.2) is 18.2 Å². The van der Waals surface area contributed by atoms with Gasteiger partial charge in [-0.15, -0.1) is 0 Å². The van der Waals surface area contributed by atoms with Gasteiger partial charge in [-0.3, -0.25) is 0 Å². The van der Waals surface area contributed by atoms with Gasteiger partial charge < -0.3 is 0 Å². The molecule has 0 unspecified atom stereocenters. The topological polar surface area (TPSA) is 0 Å². The first-order valence-corrected chi connectivity index (χ1v) is 5.19. The summed E-state index contributed by atoms with van der Waals surface area (Å²) in [6.07, 6.45) is 7.78. The Kier molecular flexibility index (Phi) is 2.28. The predicted molar refractivity (Wildman–Crippen MR) is 63.3 cm³/mol. The molecule has 1 aromatic carbocycles. The zero-order chi connectivity index (χ0) is 10.1. The van der Waals surface area contributed by atoms with Gasteiger partial charge in [-0.25, -0.2) is 0 Å². The minimum Gasteiger partial charge on any atom is -0.0798 e. The van der Waals surface area contributed by atoms with Crippen molar-refractivity contribution in [2.45, 2.75) is 27.2 Å². The van der Waals surface area contributed by atoms with Crippen molar-refractivity contribution in [2.24, 2.45) is 0 Å². The fourth-order valence-corrected chi connectivity index (χ4v) is 2.09. The van der Waals surface area contributed by atoms with Crippen LogP contribution in [0.3, 0.4) is 0 Å². The first-order chi connectivity index (χ1) is 6.76. The summed E-state index contributed by atoms with van der Waals surface area (Å²) in [7, 11) is 0. The van der Waals surface area contributed by atoms with Crippen molar-refractivity contribution in [2.75, 3.05) is 0 Å². The van der Waals surface area contributed by atoms with E-state index < -0.39 is 0 Å². The van der Waals surface area contributed by atoms with Gasteiger partial charge in [-0.2, -0.15) is 0 Å². The second-order valence-electron chi connectivity index (χ2n) is 3.81. The molecule has 0 fully saturated rings. The number of allylic oxidation sites excluding steroid dienone is 2. The third-order valence-corrected chi connectivity index (χ3v) is 2.98.